The zero-order valence-electron chi connectivity index (χ0n) is 12.7. The van der Waals surface area contributed by atoms with Crippen molar-refractivity contribution in [1.82, 2.24) is 15.2 Å². The highest BCUT2D eigenvalue weighted by Crippen LogP contribution is 2.31. The average molecular weight is 291 g/mol. The van der Waals surface area contributed by atoms with Crippen LogP contribution < -0.4 is 5.32 Å². The number of nitrogens with zero attached hydrogens (tertiary/aromatic N) is 2. The Hall–Kier alpha value is -2.24. The lowest BCUT2D eigenvalue weighted by Gasteiger charge is -2.23. The summed E-state index contributed by atoms with van der Waals surface area (Å²) in [5.74, 6) is -0.770. The molecule has 21 heavy (non-hydrogen) atoms. The van der Waals surface area contributed by atoms with E-state index in [1.54, 1.807) is 24.2 Å². The highest BCUT2D eigenvalue weighted by molar-refractivity contribution is 5.89. The second kappa shape index (κ2) is 5.63. The molecule has 1 atom stereocenters. The van der Waals surface area contributed by atoms with Crippen molar-refractivity contribution in [3.8, 4) is 0 Å². The first kappa shape index (κ1) is 15.2. The van der Waals surface area contributed by atoms with Gasteiger partial charge < -0.3 is 20.4 Å². The number of aromatic nitrogens is 1. The summed E-state index contributed by atoms with van der Waals surface area (Å²) in [7, 11) is 1.71. The summed E-state index contributed by atoms with van der Waals surface area (Å²) in [5.41, 5.74) is 2.14. The van der Waals surface area contributed by atoms with Crippen molar-refractivity contribution in [1.29, 1.82) is 0 Å². The van der Waals surface area contributed by atoms with E-state index in [-0.39, 0.29) is 17.4 Å². The number of allylic oxidation sites excluding steroid dienone is 1. The highest BCUT2D eigenvalue weighted by atomic mass is 16.4. The molecule has 2 rings (SSSR count). The number of carboxylic acids is 1. The van der Waals surface area contributed by atoms with Gasteiger partial charge >= 0.3 is 5.97 Å². The Morgan fingerprint density at radius 2 is 2.19 bits per heavy atom. The minimum Gasteiger partial charge on any atom is -0.493 e. The quantitative estimate of drug-likeness (QED) is 0.789. The monoisotopic (exact) mass is 291 g/mol. The van der Waals surface area contributed by atoms with E-state index in [1.807, 2.05) is 20.8 Å². The Labute approximate surface area is 124 Å². The van der Waals surface area contributed by atoms with Crippen LogP contribution in [0.2, 0.25) is 0 Å². The predicted octanol–water partition coefficient (Wildman–Crippen LogP) is 2.26. The summed E-state index contributed by atoms with van der Waals surface area (Å²) >= 11 is 0. The summed E-state index contributed by atoms with van der Waals surface area (Å²) in [4.78, 5) is 17.4. The summed E-state index contributed by atoms with van der Waals surface area (Å²) in [6, 6.07) is 1.64. The molecule has 0 saturated heterocycles. The van der Waals surface area contributed by atoms with Gasteiger partial charge in [-0.2, -0.15) is 0 Å². The largest absolute Gasteiger partial charge is 0.493 e. The second-order valence-corrected chi connectivity index (χ2v) is 5.48. The maximum absolute atomic E-state index is 11.5. The SMILES string of the molecule is CCc1cnc(C2NC(C(C)C)=C(O)N2C)c(C(=O)O)c1. The van der Waals surface area contributed by atoms with Gasteiger partial charge in [0.15, 0.2) is 0 Å². The van der Waals surface area contributed by atoms with Gasteiger partial charge in [-0.05, 0) is 24.0 Å². The molecule has 6 nitrogen and oxygen atoms in total. The van der Waals surface area contributed by atoms with Crippen LogP contribution in [0.5, 0.6) is 0 Å². The number of aromatic carboxylic acids is 1. The van der Waals surface area contributed by atoms with Crippen molar-refractivity contribution in [2.24, 2.45) is 5.92 Å². The molecular formula is C15H21N3O3. The number of rotatable bonds is 4. The van der Waals surface area contributed by atoms with Crippen molar-refractivity contribution in [2.45, 2.75) is 33.4 Å². The van der Waals surface area contributed by atoms with Gasteiger partial charge in [0.2, 0.25) is 5.88 Å². The molecular weight excluding hydrogens is 270 g/mol. The highest BCUT2D eigenvalue weighted by Gasteiger charge is 2.34. The van der Waals surface area contributed by atoms with Crippen molar-refractivity contribution >= 4 is 5.97 Å². The summed E-state index contributed by atoms with van der Waals surface area (Å²) in [6.45, 7) is 5.87. The third-order valence-electron chi connectivity index (χ3n) is 3.70. The molecule has 1 aromatic heterocycles. The van der Waals surface area contributed by atoms with Crippen LogP contribution in [0.1, 0.15) is 48.6 Å². The molecule has 0 saturated carbocycles. The number of aliphatic hydroxyl groups excluding tert-OH is 1. The van der Waals surface area contributed by atoms with Crippen molar-refractivity contribution in [2.75, 3.05) is 7.05 Å². The fourth-order valence-electron chi connectivity index (χ4n) is 2.40. The van der Waals surface area contributed by atoms with E-state index in [9.17, 15) is 15.0 Å². The number of hydrogen-bond donors (Lipinski definition) is 3. The van der Waals surface area contributed by atoms with Crippen LogP contribution >= 0.6 is 0 Å². The Kier molecular flexibility index (Phi) is 4.06. The molecule has 0 spiro atoms. The maximum Gasteiger partial charge on any atom is 0.337 e. The Morgan fingerprint density at radius 3 is 2.67 bits per heavy atom. The number of aliphatic hydroxyl groups is 1. The number of nitrogens with one attached hydrogen (secondary N) is 1. The van der Waals surface area contributed by atoms with E-state index in [1.165, 1.54) is 0 Å². The van der Waals surface area contributed by atoms with Crippen LogP contribution in [0.15, 0.2) is 23.8 Å². The first-order valence-electron chi connectivity index (χ1n) is 7.01. The molecule has 1 aliphatic rings. The molecule has 1 aromatic rings. The van der Waals surface area contributed by atoms with Crippen LogP contribution in [0.25, 0.3) is 0 Å². The van der Waals surface area contributed by atoms with E-state index in [0.717, 1.165) is 12.0 Å². The molecule has 3 N–H and O–H groups in total. The van der Waals surface area contributed by atoms with Gasteiger partial charge in [0, 0.05) is 13.2 Å². The molecule has 6 heteroatoms. The fraction of sp³-hybridized carbons (Fsp3) is 0.467. The van der Waals surface area contributed by atoms with E-state index in [4.69, 9.17) is 0 Å². The van der Waals surface area contributed by atoms with E-state index < -0.39 is 12.1 Å². The van der Waals surface area contributed by atoms with Gasteiger partial charge in [-0.1, -0.05) is 20.8 Å². The molecule has 0 bridgehead atoms. The van der Waals surface area contributed by atoms with E-state index in [0.29, 0.717) is 11.4 Å². The third kappa shape index (κ3) is 2.66. The van der Waals surface area contributed by atoms with Gasteiger partial charge in [0.05, 0.1) is 17.0 Å². The molecule has 0 aliphatic carbocycles. The summed E-state index contributed by atoms with van der Waals surface area (Å²) in [6.07, 6.45) is 1.93. The van der Waals surface area contributed by atoms with Gasteiger partial charge in [0.1, 0.15) is 6.17 Å². The average Bonchev–Trinajstić information content (AvgIpc) is 2.74. The Morgan fingerprint density at radius 1 is 1.52 bits per heavy atom. The topological polar surface area (TPSA) is 85.7 Å². The number of carbonyl (C=O) groups is 1. The van der Waals surface area contributed by atoms with Gasteiger partial charge in [-0.25, -0.2) is 4.79 Å². The lowest BCUT2D eigenvalue weighted by Crippen LogP contribution is -2.29. The first-order chi connectivity index (χ1) is 9.86. The van der Waals surface area contributed by atoms with E-state index >= 15 is 0 Å². The number of hydrogen-bond acceptors (Lipinski definition) is 5. The smallest absolute Gasteiger partial charge is 0.337 e. The number of aryl methyl sites for hydroxylation is 1. The molecule has 114 valence electrons. The predicted molar refractivity (Wildman–Crippen MR) is 78.7 cm³/mol. The summed E-state index contributed by atoms with van der Waals surface area (Å²) in [5, 5.41) is 22.7. The van der Waals surface area contributed by atoms with Gasteiger partial charge in [-0.3, -0.25) is 4.98 Å². The van der Waals surface area contributed by atoms with E-state index in [2.05, 4.69) is 10.3 Å². The zero-order chi connectivity index (χ0) is 15.7. The molecule has 1 unspecified atom stereocenters. The van der Waals surface area contributed by atoms with Crippen molar-refractivity contribution in [3.63, 3.8) is 0 Å². The zero-order valence-corrected chi connectivity index (χ0v) is 12.7. The van der Waals surface area contributed by atoms with Crippen LogP contribution in [0.3, 0.4) is 0 Å². The van der Waals surface area contributed by atoms with Crippen molar-refractivity contribution < 1.29 is 15.0 Å². The lowest BCUT2D eigenvalue weighted by molar-refractivity contribution is 0.0691. The minimum absolute atomic E-state index is 0.112. The normalized spacial score (nSPS) is 18.3. The molecule has 0 amide bonds. The van der Waals surface area contributed by atoms with Crippen LogP contribution in [-0.4, -0.2) is 33.1 Å². The molecule has 2 heterocycles. The number of carboxylic acid groups (broad SMARTS) is 1. The maximum atomic E-state index is 11.5. The van der Waals surface area contributed by atoms with Gasteiger partial charge in [-0.15, -0.1) is 0 Å². The Bertz CT molecular complexity index is 596. The Balaban J connectivity index is 2.43. The van der Waals surface area contributed by atoms with Gasteiger partial charge in [0.25, 0.3) is 0 Å². The minimum atomic E-state index is -1.01. The van der Waals surface area contributed by atoms with Crippen LogP contribution in [-0.2, 0) is 6.42 Å². The molecule has 0 radical (unpaired) electrons. The molecule has 1 aliphatic heterocycles. The fourth-order valence-corrected chi connectivity index (χ4v) is 2.40. The standard InChI is InChI=1S/C15H21N3O3/c1-5-9-6-10(15(20)21)12(16-7-9)13-17-11(8(2)3)14(19)18(13)4/h6-8,13,17,19H,5H2,1-4H3,(H,20,21). The second-order valence-electron chi connectivity index (χ2n) is 5.48. The first-order valence-corrected chi connectivity index (χ1v) is 7.01. The summed E-state index contributed by atoms with van der Waals surface area (Å²) < 4.78 is 0. The molecule has 0 aromatic carbocycles. The van der Waals surface area contributed by atoms with Crippen LogP contribution in [0.4, 0.5) is 0 Å². The molecule has 0 fully saturated rings. The van der Waals surface area contributed by atoms with Crippen LogP contribution in [0, 0.1) is 5.92 Å². The third-order valence-corrected chi connectivity index (χ3v) is 3.70. The lowest BCUT2D eigenvalue weighted by atomic mass is 10.1. The van der Waals surface area contributed by atoms with Crippen molar-refractivity contribution in [3.05, 3.63) is 40.7 Å². The number of pyridine rings is 1.